The summed E-state index contributed by atoms with van der Waals surface area (Å²) in [6.45, 7) is 0. The van der Waals surface area contributed by atoms with E-state index in [9.17, 15) is 15.0 Å². The van der Waals surface area contributed by atoms with Crippen molar-refractivity contribution in [2.45, 2.75) is 18.9 Å². The number of anilines is 1. The number of hydrogen-bond acceptors (Lipinski definition) is 4. The molecule has 1 aromatic carbocycles. The molecule has 0 bridgehead atoms. The lowest BCUT2D eigenvalue weighted by Gasteiger charge is -2.26. The molecule has 1 aromatic rings. The Kier molecular flexibility index (Phi) is 3.12. The minimum atomic E-state index is -0.888. The smallest absolute Gasteiger partial charge is 0.307 e. The van der Waals surface area contributed by atoms with E-state index in [1.54, 1.807) is 24.3 Å². The van der Waals surface area contributed by atoms with Gasteiger partial charge in [-0.2, -0.15) is 0 Å². The van der Waals surface area contributed by atoms with Crippen LogP contribution in [0.1, 0.15) is 5.56 Å². The van der Waals surface area contributed by atoms with Crippen LogP contribution >= 0.6 is 0 Å². The third-order valence-corrected chi connectivity index (χ3v) is 2.62. The lowest BCUT2D eigenvalue weighted by atomic mass is 10.1. The van der Waals surface area contributed by atoms with Crippen molar-refractivity contribution in [3.63, 3.8) is 0 Å². The first-order valence-corrected chi connectivity index (χ1v) is 5.21. The molecule has 0 saturated carbocycles. The molecule has 0 spiro atoms. The van der Waals surface area contributed by atoms with Crippen molar-refractivity contribution < 1.29 is 20.1 Å². The second kappa shape index (κ2) is 4.57. The second-order valence-corrected chi connectivity index (χ2v) is 3.86. The zero-order valence-corrected chi connectivity index (χ0v) is 9.02. The number of carbonyl (C=O) groups is 1. The van der Waals surface area contributed by atoms with Crippen LogP contribution in [0.5, 0.6) is 0 Å². The molecule has 2 atom stereocenters. The van der Waals surface area contributed by atoms with Crippen molar-refractivity contribution in [3.05, 3.63) is 42.0 Å². The Labute approximate surface area is 98.2 Å². The van der Waals surface area contributed by atoms with E-state index in [0.29, 0.717) is 11.3 Å². The quantitative estimate of drug-likeness (QED) is 0.658. The van der Waals surface area contributed by atoms with Gasteiger partial charge < -0.3 is 20.2 Å². The maximum absolute atomic E-state index is 10.5. The van der Waals surface area contributed by atoms with Crippen LogP contribution in [-0.2, 0) is 11.2 Å². The molecule has 5 nitrogen and oxygen atoms in total. The number of benzene rings is 1. The summed E-state index contributed by atoms with van der Waals surface area (Å²) in [6, 6.07) is 6.69. The van der Waals surface area contributed by atoms with Crippen LogP contribution in [0.4, 0.5) is 5.69 Å². The Balaban J connectivity index is 2.15. The Hall–Kier alpha value is -1.85. The van der Waals surface area contributed by atoms with Crippen molar-refractivity contribution >= 4 is 11.7 Å². The maximum atomic E-state index is 10.5. The number of aliphatic hydroxyl groups is 2. The first-order valence-electron chi connectivity index (χ1n) is 5.21. The third kappa shape index (κ3) is 2.46. The normalized spacial score (nSPS) is 23.1. The number of aliphatic hydroxyl groups excluding tert-OH is 2. The van der Waals surface area contributed by atoms with E-state index in [1.807, 2.05) is 0 Å². The fraction of sp³-hybridized carbons (Fsp3) is 0.250. The second-order valence-electron chi connectivity index (χ2n) is 3.86. The fourth-order valence-electron chi connectivity index (χ4n) is 1.81. The number of aliphatic carboxylic acids is 1. The van der Waals surface area contributed by atoms with Gasteiger partial charge in [-0.1, -0.05) is 12.1 Å². The van der Waals surface area contributed by atoms with Crippen LogP contribution in [0.3, 0.4) is 0 Å². The van der Waals surface area contributed by atoms with E-state index in [0.717, 1.165) is 0 Å². The molecule has 0 fully saturated rings. The number of hydrogen-bond donors (Lipinski definition) is 3. The summed E-state index contributed by atoms with van der Waals surface area (Å²) in [4.78, 5) is 11.9. The molecule has 2 unspecified atom stereocenters. The number of carboxylic acid groups (broad SMARTS) is 1. The molecule has 0 radical (unpaired) electrons. The SMILES string of the molecule is O=C(O)Cc1ccc(N2C(O)C=CC2O)cc1. The van der Waals surface area contributed by atoms with Gasteiger partial charge in [0.15, 0.2) is 0 Å². The Morgan fingerprint density at radius 2 is 1.65 bits per heavy atom. The average Bonchev–Trinajstić information content (AvgIpc) is 2.59. The molecule has 17 heavy (non-hydrogen) atoms. The lowest BCUT2D eigenvalue weighted by Crippen LogP contribution is -2.36. The summed E-state index contributed by atoms with van der Waals surface area (Å²) in [7, 11) is 0. The summed E-state index contributed by atoms with van der Waals surface area (Å²) in [5.74, 6) is -0.888. The highest BCUT2D eigenvalue weighted by atomic mass is 16.4. The van der Waals surface area contributed by atoms with E-state index in [2.05, 4.69) is 0 Å². The third-order valence-electron chi connectivity index (χ3n) is 2.62. The van der Waals surface area contributed by atoms with Gasteiger partial charge in [-0.25, -0.2) is 0 Å². The molecule has 90 valence electrons. The monoisotopic (exact) mass is 235 g/mol. The summed E-state index contributed by atoms with van der Waals surface area (Å²) in [6.07, 6.45) is 1.25. The van der Waals surface area contributed by atoms with Gasteiger partial charge in [-0.3, -0.25) is 4.79 Å². The van der Waals surface area contributed by atoms with Crippen LogP contribution < -0.4 is 4.90 Å². The Morgan fingerprint density at radius 1 is 1.12 bits per heavy atom. The van der Waals surface area contributed by atoms with Crippen molar-refractivity contribution in [1.82, 2.24) is 0 Å². The van der Waals surface area contributed by atoms with Gasteiger partial charge in [0, 0.05) is 5.69 Å². The largest absolute Gasteiger partial charge is 0.481 e. The first-order chi connectivity index (χ1) is 8.08. The molecule has 1 aliphatic rings. The molecule has 0 amide bonds. The Morgan fingerprint density at radius 3 is 2.12 bits per heavy atom. The summed E-state index contributed by atoms with van der Waals surface area (Å²) in [5.41, 5.74) is 1.32. The predicted molar refractivity (Wildman–Crippen MR) is 61.4 cm³/mol. The van der Waals surface area contributed by atoms with Gasteiger partial charge in [-0.05, 0) is 29.8 Å². The zero-order valence-electron chi connectivity index (χ0n) is 9.02. The molecule has 1 heterocycles. The van der Waals surface area contributed by atoms with Crippen LogP contribution in [0.25, 0.3) is 0 Å². The van der Waals surface area contributed by atoms with Crippen LogP contribution in [-0.4, -0.2) is 33.7 Å². The number of carboxylic acids is 1. The molecule has 0 aliphatic carbocycles. The fourth-order valence-corrected chi connectivity index (χ4v) is 1.81. The summed E-state index contributed by atoms with van der Waals surface area (Å²) in [5, 5.41) is 27.9. The summed E-state index contributed by atoms with van der Waals surface area (Å²) < 4.78 is 0. The molecule has 5 heteroatoms. The van der Waals surface area contributed by atoms with Gasteiger partial charge in [0.05, 0.1) is 6.42 Å². The number of nitrogens with zero attached hydrogens (tertiary/aromatic N) is 1. The van der Waals surface area contributed by atoms with Crippen LogP contribution in [0.15, 0.2) is 36.4 Å². The van der Waals surface area contributed by atoms with E-state index < -0.39 is 18.4 Å². The molecule has 1 aliphatic heterocycles. The van der Waals surface area contributed by atoms with E-state index >= 15 is 0 Å². The first kappa shape index (κ1) is 11.6. The van der Waals surface area contributed by atoms with Crippen molar-refractivity contribution in [2.75, 3.05) is 4.90 Å². The van der Waals surface area contributed by atoms with E-state index in [1.165, 1.54) is 17.1 Å². The highest BCUT2D eigenvalue weighted by Crippen LogP contribution is 2.24. The van der Waals surface area contributed by atoms with Gasteiger partial charge >= 0.3 is 5.97 Å². The predicted octanol–water partition coefficient (Wildman–Crippen LogP) is 0.327. The van der Waals surface area contributed by atoms with Gasteiger partial charge in [0.25, 0.3) is 0 Å². The molecule has 3 N–H and O–H groups in total. The van der Waals surface area contributed by atoms with Crippen molar-refractivity contribution in [1.29, 1.82) is 0 Å². The summed E-state index contributed by atoms with van der Waals surface area (Å²) >= 11 is 0. The highest BCUT2D eigenvalue weighted by Gasteiger charge is 2.25. The van der Waals surface area contributed by atoms with Gasteiger partial charge in [-0.15, -0.1) is 0 Å². The topological polar surface area (TPSA) is 81.0 Å². The van der Waals surface area contributed by atoms with E-state index in [4.69, 9.17) is 5.11 Å². The molecular weight excluding hydrogens is 222 g/mol. The van der Waals surface area contributed by atoms with Crippen LogP contribution in [0, 0.1) is 0 Å². The molecular formula is C12H13NO4. The molecule has 0 saturated heterocycles. The van der Waals surface area contributed by atoms with Gasteiger partial charge in [0.1, 0.15) is 12.5 Å². The average molecular weight is 235 g/mol. The maximum Gasteiger partial charge on any atom is 0.307 e. The van der Waals surface area contributed by atoms with Crippen LogP contribution in [0.2, 0.25) is 0 Å². The standard InChI is InChI=1S/C12H13NO4/c14-10-5-6-11(15)13(10)9-3-1-8(2-4-9)7-12(16)17/h1-6,10-11,14-15H,7H2,(H,16,17). The Bertz CT molecular complexity index is 428. The van der Waals surface area contributed by atoms with E-state index in [-0.39, 0.29) is 6.42 Å². The van der Waals surface area contributed by atoms with Crippen molar-refractivity contribution in [2.24, 2.45) is 0 Å². The van der Waals surface area contributed by atoms with Crippen molar-refractivity contribution in [3.8, 4) is 0 Å². The highest BCUT2D eigenvalue weighted by molar-refractivity contribution is 5.70. The minimum Gasteiger partial charge on any atom is -0.481 e. The lowest BCUT2D eigenvalue weighted by molar-refractivity contribution is -0.136. The molecule has 0 aromatic heterocycles. The molecule has 2 rings (SSSR count). The zero-order chi connectivity index (χ0) is 12.4. The number of rotatable bonds is 3. The van der Waals surface area contributed by atoms with Gasteiger partial charge in [0.2, 0.25) is 0 Å². The minimum absolute atomic E-state index is 0.0381.